The molecule has 0 aliphatic heterocycles. The van der Waals surface area contributed by atoms with E-state index in [9.17, 15) is 9.90 Å². The first-order valence-corrected chi connectivity index (χ1v) is 5.69. The van der Waals surface area contributed by atoms with E-state index in [0.717, 1.165) is 12.0 Å². The summed E-state index contributed by atoms with van der Waals surface area (Å²) < 4.78 is 4.68. The summed E-state index contributed by atoms with van der Waals surface area (Å²) in [5.74, 6) is -0.0872. The predicted molar refractivity (Wildman–Crippen MR) is 66.9 cm³/mol. The number of carbonyl (C=O) groups is 1. The molecule has 0 radical (unpaired) electrons. The molecule has 0 saturated carbocycles. The molecule has 17 heavy (non-hydrogen) atoms. The van der Waals surface area contributed by atoms with Gasteiger partial charge in [0.1, 0.15) is 5.75 Å². The van der Waals surface area contributed by atoms with E-state index in [1.54, 1.807) is 18.2 Å². The number of phenolic OH excluding ortho intramolecular Hbond substituents is 1. The third-order valence-electron chi connectivity index (χ3n) is 2.52. The molecule has 0 saturated heterocycles. The van der Waals surface area contributed by atoms with Crippen LogP contribution in [0.4, 0.5) is 0 Å². The van der Waals surface area contributed by atoms with Gasteiger partial charge in [-0.3, -0.25) is 4.79 Å². The number of aromatic hydroxyl groups is 1. The van der Waals surface area contributed by atoms with Crippen molar-refractivity contribution in [1.82, 2.24) is 0 Å². The summed E-state index contributed by atoms with van der Waals surface area (Å²) in [7, 11) is 1.38. The van der Waals surface area contributed by atoms with Gasteiger partial charge in [0, 0.05) is 5.92 Å². The lowest BCUT2D eigenvalue weighted by atomic mass is 9.95. The van der Waals surface area contributed by atoms with Gasteiger partial charge in [0.05, 0.1) is 13.5 Å². The number of benzene rings is 1. The average Bonchev–Trinajstić information content (AvgIpc) is 2.34. The summed E-state index contributed by atoms with van der Waals surface area (Å²) in [4.78, 5) is 11.3. The Bertz CT molecular complexity index is 396. The van der Waals surface area contributed by atoms with Crippen LogP contribution in [0.3, 0.4) is 0 Å². The highest BCUT2D eigenvalue weighted by molar-refractivity contribution is 5.70. The Labute approximate surface area is 102 Å². The maximum absolute atomic E-state index is 11.3. The molecule has 1 N–H and O–H groups in total. The van der Waals surface area contributed by atoms with Crippen LogP contribution >= 0.6 is 0 Å². The minimum Gasteiger partial charge on any atom is -0.508 e. The van der Waals surface area contributed by atoms with Crippen LogP contribution in [0, 0.1) is 0 Å². The molecule has 0 heterocycles. The number of esters is 1. The molecule has 0 aliphatic carbocycles. The molecule has 92 valence electrons. The van der Waals surface area contributed by atoms with Gasteiger partial charge in [0.2, 0.25) is 0 Å². The Kier molecular flexibility index (Phi) is 5.27. The van der Waals surface area contributed by atoms with Crippen LogP contribution < -0.4 is 0 Å². The molecular weight excluding hydrogens is 216 g/mol. The highest BCUT2D eigenvalue weighted by Crippen LogP contribution is 2.25. The largest absolute Gasteiger partial charge is 0.508 e. The first-order chi connectivity index (χ1) is 8.17. The molecule has 0 aliphatic rings. The standard InChI is InChI=1S/C14H18O3/c1-3-4-6-12(10-14(16)17-2)11-7-5-8-13(15)9-11/h4-9,12,15H,3,10H2,1-2H3/b6-4+/t12-/m1/s1. The summed E-state index contributed by atoms with van der Waals surface area (Å²) in [6.07, 6.45) is 5.19. The van der Waals surface area contributed by atoms with Crippen molar-refractivity contribution in [3.05, 3.63) is 42.0 Å². The molecule has 0 bridgehead atoms. The Balaban J connectivity index is 2.89. The third kappa shape index (κ3) is 4.31. The van der Waals surface area contributed by atoms with Crippen molar-refractivity contribution >= 4 is 5.97 Å². The lowest BCUT2D eigenvalue weighted by molar-refractivity contribution is -0.140. The van der Waals surface area contributed by atoms with Gasteiger partial charge in [-0.1, -0.05) is 31.2 Å². The summed E-state index contributed by atoms with van der Waals surface area (Å²) >= 11 is 0. The molecule has 0 unspecified atom stereocenters. The van der Waals surface area contributed by atoms with Crippen LogP contribution in [0.5, 0.6) is 5.75 Å². The molecule has 1 rings (SSSR count). The van der Waals surface area contributed by atoms with Crippen molar-refractivity contribution in [1.29, 1.82) is 0 Å². The Morgan fingerprint density at radius 2 is 2.29 bits per heavy atom. The van der Waals surface area contributed by atoms with Gasteiger partial charge < -0.3 is 9.84 Å². The first-order valence-electron chi connectivity index (χ1n) is 5.69. The van der Waals surface area contributed by atoms with Crippen LogP contribution in [0.15, 0.2) is 36.4 Å². The van der Waals surface area contributed by atoms with E-state index in [-0.39, 0.29) is 24.1 Å². The van der Waals surface area contributed by atoms with Crippen molar-refractivity contribution in [3.63, 3.8) is 0 Å². The van der Waals surface area contributed by atoms with Crippen molar-refractivity contribution in [2.75, 3.05) is 7.11 Å². The van der Waals surface area contributed by atoms with Crippen molar-refractivity contribution in [3.8, 4) is 5.75 Å². The van der Waals surface area contributed by atoms with Crippen LogP contribution in [0.25, 0.3) is 0 Å². The van der Waals surface area contributed by atoms with Crippen LogP contribution in [0.2, 0.25) is 0 Å². The predicted octanol–water partition coefficient (Wildman–Crippen LogP) is 3.01. The maximum atomic E-state index is 11.3. The van der Waals surface area contributed by atoms with Crippen molar-refractivity contribution < 1.29 is 14.6 Å². The van der Waals surface area contributed by atoms with Crippen molar-refractivity contribution in [2.24, 2.45) is 0 Å². The molecular formula is C14H18O3. The van der Waals surface area contributed by atoms with E-state index in [2.05, 4.69) is 4.74 Å². The van der Waals surface area contributed by atoms with E-state index in [1.807, 2.05) is 25.1 Å². The average molecular weight is 234 g/mol. The SMILES string of the molecule is CC/C=C/[C@H](CC(=O)OC)c1cccc(O)c1. The molecule has 1 aromatic carbocycles. The molecule has 0 aromatic heterocycles. The molecule has 3 nitrogen and oxygen atoms in total. The van der Waals surface area contributed by atoms with Crippen molar-refractivity contribution in [2.45, 2.75) is 25.7 Å². The molecule has 3 heteroatoms. The number of rotatable bonds is 5. The second-order valence-corrected chi connectivity index (χ2v) is 3.82. The quantitative estimate of drug-likeness (QED) is 0.629. The van der Waals surface area contributed by atoms with Crippen LogP contribution in [0.1, 0.15) is 31.2 Å². The first kappa shape index (κ1) is 13.3. The highest BCUT2D eigenvalue weighted by atomic mass is 16.5. The number of hydrogen-bond acceptors (Lipinski definition) is 3. The van der Waals surface area contributed by atoms with Gasteiger partial charge in [0.15, 0.2) is 0 Å². The number of ether oxygens (including phenoxy) is 1. The van der Waals surface area contributed by atoms with Gasteiger partial charge in [-0.2, -0.15) is 0 Å². The van der Waals surface area contributed by atoms with E-state index >= 15 is 0 Å². The molecule has 0 spiro atoms. The molecule has 0 amide bonds. The fraction of sp³-hybridized carbons (Fsp3) is 0.357. The van der Waals surface area contributed by atoms with Gasteiger partial charge in [0.25, 0.3) is 0 Å². The topological polar surface area (TPSA) is 46.5 Å². The van der Waals surface area contributed by atoms with E-state index in [0.29, 0.717) is 0 Å². The fourth-order valence-electron chi connectivity index (χ4n) is 1.62. The van der Waals surface area contributed by atoms with Gasteiger partial charge in [-0.25, -0.2) is 0 Å². The lowest BCUT2D eigenvalue weighted by Gasteiger charge is -2.12. The highest BCUT2D eigenvalue weighted by Gasteiger charge is 2.13. The Morgan fingerprint density at radius 1 is 1.53 bits per heavy atom. The zero-order chi connectivity index (χ0) is 12.7. The van der Waals surface area contributed by atoms with Gasteiger partial charge >= 0.3 is 5.97 Å². The lowest BCUT2D eigenvalue weighted by Crippen LogP contribution is -2.06. The fourth-order valence-corrected chi connectivity index (χ4v) is 1.62. The molecule has 1 atom stereocenters. The minimum absolute atomic E-state index is 0.0468. The Morgan fingerprint density at radius 3 is 2.88 bits per heavy atom. The number of phenols is 1. The summed E-state index contributed by atoms with van der Waals surface area (Å²) in [6.45, 7) is 2.04. The number of methoxy groups -OCH3 is 1. The van der Waals surface area contributed by atoms with Crippen LogP contribution in [-0.4, -0.2) is 18.2 Å². The Hall–Kier alpha value is -1.77. The monoisotopic (exact) mass is 234 g/mol. The van der Waals surface area contributed by atoms with E-state index in [1.165, 1.54) is 7.11 Å². The second-order valence-electron chi connectivity index (χ2n) is 3.82. The number of carbonyl (C=O) groups excluding carboxylic acids is 1. The zero-order valence-corrected chi connectivity index (χ0v) is 10.2. The third-order valence-corrected chi connectivity index (χ3v) is 2.52. The smallest absolute Gasteiger partial charge is 0.306 e. The number of allylic oxidation sites excluding steroid dienone is 2. The van der Waals surface area contributed by atoms with Gasteiger partial charge in [-0.15, -0.1) is 0 Å². The summed E-state index contributed by atoms with van der Waals surface area (Å²) in [6, 6.07) is 6.96. The minimum atomic E-state index is -0.251. The van der Waals surface area contributed by atoms with E-state index in [4.69, 9.17) is 0 Å². The van der Waals surface area contributed by atoms with Gasteiger partial charge in [-0.05, 0) is 24.1 Å². The summed E-state index contributed by atoms with van der Waals surface area (Å²) in [5.41, 5.74) is 0.917. The zero-order valence-electron chi connectivity index (χ0n) is 10.2. The van der Waals surface area contributed by atoms with E-state index < -0.39 is 0 Å². The van der Waals surface area contributed by atoms with Crippen LogP contribution in [-0.2, 0) is 9.53 Å². The maximum Gasteiger partial charge on any atom is 0.306 e. The second kappa shape index (κ2) is 6.74. The molecule has 1 aromatic rings. The molecule has 0 fully saturated rings. The number of hydrogen-bond donors (Lipinski definition) is 1. The normalized spacial score (nSPS) is 12.6. The summed E-state index contributed by atoms with van der Waals surface area (Å²) in [5, 5.41) is 9.44.